The second kappa shape index (κ2) is 5.01. The zero-order valence-electron chi connectivity index (χ0n) is 9.05. The van der Waals surface area contributed by atoms with Crippen LogP contribution in [0.4, 0.5) is 13.2 Å². The maximum absolute atomic E-state index is 11.9. The minimum absolute atomic E-state index is 0.173. The second-order valence-electron chi connectivity index (χ2n) is 4.15. The average Bonchev–Trinajstić information content (AvgIpc) is 2.17. The molecule has 1 aliphatic heterocycles. The molecule has 94 valence electrons. The van der Waals surface area contributed by atoms with Gasteiger partial charge in [-0.25, -0.2) is 5.01 Å². The number of hydrogen-bond donors (Lipinski definition) is 2. The van der Waals surface area contributed by atoms with Crippen molar-refractivity contribution in [2.75, 3.05) is 13.1 Å². The Labute approximate surface area is 91.9 Å². The van der Waals surface area contributed by atoms with Crippen molar-refractivity contribution in [3.8, 4) is 0 Å². The van der Waals surface area contributed by atoms with Gasteiger partial charge in [0.2, 0.25) is 5.91 Å². The maximum Gasteiger partial charge on any atom is 0.405 e. The van der Waals surface area contributed by atoms with Gasteiger partial charge in [0.15, 0.2) is 0 Å². The van der Waals surface area contributed by atoms with Crippen LogP contribution in [-0.2, 0) is 4.79 Å². The fourth-order valence-electron chi connectivity index (χ4n) is 1.68. The van der Waals surface area contributed by atoms with Gasteiger partial charge >= 0.3 is 6.18 Å². The van der Waals surface area contributed by atoms with Crippen LogP contribution >= 0.6 is 0 Å². The van der Waals surface area contributed by atoms with Gasteiger partial charge in [-0.15, -0.1) is 0 Å². The van der Waals surface area contributed by atoms with E-state index in [1.165, 1.54) is 5.01 Å². The predicted molar refractivity (Wildman–Crippen MR) is 52.1 cm³/mol. The van der Waals surface area contributed by atoms with E-state index in [4.69, 9.17) is 5.84 Å². The van der Waals surface area contributed by atoms with E-state index >= 15 is 0 Å². The first kappa shape index (κ1) is 13.2. The normalized spacial score (nSPS) is 27.8. The van der Waals surface area contributed by atoms with E-state index in [1.807, 2.05) is 12.2 Å². The molecule has 0 spiro atoms. The van der Waals surface area contributed by atoms with Gasteiger partial charge in [-0.3, -0.25) is 10.6 Å². The summed E-state index contributed by atoms with van der Waals surface area (Å²) in [6.07, 6.45) is -3.06. The standard InChI is InChI=1S/C9H16F3N3O/c1-6-2-3-7(4-15(6)13)8(16)14-5-9(10,11)12/h6-7H,2-5,13H2,1H3,(H,14,16). The Kier molecular flexibility index (Phi) is 4.15. The van der Waals surface area contributed by atoms with E-state index in [2.05, 4.69) is 0 Å². The van der Waals surface area contributed by atoms with Gasteiger partial charge in [-0.1, -0.05) is 0 Å². The summed E-state index contributed by atoms with van der Waals surface area (Å²) in [6.45, 7) is 0.956. The summed E-state index contributed by atoms with van der Waals surface area (Å²) < 4.78 is 35.6. The van der Waals surface area contributed by atoms with Crippen LogP contribution in [-0.4, -0.2) is 36.2 Å². The number of halogens is 3. The van der Waals surface area contributed by atoms with E-state index in [0.717, 1.165) is 6.42 Å². The molecule has 1 rings (SSSR count). The molecule has 0 saturated carbocycles. The molecular weight excluding hydrogens is 223 g/mol. The molecule has 16 heavy (non-hydrogen) atoms. The fraction of sp³-hybridized carbons (Fsp3) is 0.889. The van der Waals surface area contributed by atoms with Crippen LogP contribution in [0.3, 0.4) is 0 Å². The molecule has 0 aromatic carbocycles. The minimum atomic E-state index is -4.36. The Morgan fingerprint density at radius 2 is 2.12 bits per heavy atom. The molecule has 1 aliphatic rings. The van der Waals surface area contributed by atoms with Crippen molar-refractivity contribution < 1.29 is 18.0 Å². The Morgan fingerprint density at radius 3 is 2.62 bits per heavy atom. The van der Waals surface area contributed by atoms with E-state index in [1.54, 1.807) is 0 Å². The summed E-state index contributed by atoms with van der Waals surface area (Å²) in [5, 5.41) is 3.38. The number of amides is 1. The molecule has 1 fully saturated rings. The smallest absolute Gasteiger partial charge is 0.347 e. The van der Waals surface area contributed by atoms with Crippen LogP contribution in [0.15, 0.2) is 0 Å². The van der Waals surface area contributed by atoms with Crippen molar-refractivity contribution in [1.82, 2.24) is 10.3 Å². The Morgan fingerprint density at radius 1 is 1.50 bits per heavy atom. The minimum Gasteiger partial charge on any atom is -0.347 e. The van der Waals surface area contributed by atoms with Crippen molar-refractivity contribution >= 4 is 5.91 Å². The molecular formula is C9H16F3N3O. The van der Waals surface area contributed by atoms with Crippen LogP contribution < -0.4 is 11.2 Å². The first-order chi connectivity index (χ1) is 7.29. The summed E-state index contributed by atoms with van der Waals surface area (Å²) in [5.74, 6) is 4.61. The van der Waals surface area contributed by atoms with Gasteiger partial charge in [-0.05, 0) is 19.8 Å². The monoisotopic (exact) mass is 239 g/mol. The molecule has 7 heteroatoms. The molecule has 3 N–H and O–H groups in total. The summed E-state index contributed by atoms with van der Waals surface area (Å²) in [4.78, 5) is 11.4. The molecule has 0 radical (unpaired) electrons. The third-order valence-corrected chi connectivity index (χ3v) is 2.76. The number of carbonyl (C=O) groups is 1. The van der Waals surface area contributed by atoms with Crippen LogP contribution in [0.5, 0.6) is 0 Å². The molecule has 1 amide bonds. The van der Waals surface area contributed by atoms with E-state index in [0.29, 0.717) is 13.0 Å². The third-order valence-electron chi connectivity index (χ3n) is 2.76. The van der Waals surface area contributed by atoms with E-state index < -0.39 is 24.5 Å². The molecule has 0 bridgehead atoms. The van der Waals surface area contributed by atoms with Crippen LogP contribution in [0.25, 0.3) is 0 Å². The number of hydrazine groups is 1. The van der Waals surface area contributed by atoms with Gasteiger partial charge in [0.1, 0.15) is 6.54 Å². The quantitative estimate of drug-likeness (QED) is 0.695. The Hall–Kier alpha value is -0.820. The molecule has 0 aromatic rings. The lowest BCUT2D eigenvalue weighted by atomic mass is 9.94. The number of nitrogens with two attached hydrogens (primary N) is 1. The number of hydrogen-bond acceptors (Lipinski definition) is 3. The lowest BCUT2D eigenvalue weighted by molar-refractivity contribution is -0.142. The van der Waals surface area contributed by atoms with Crippen LogP contribution in [0, 0.1) is 5.92 Å². The summed E-state index contributed by atoms with van der Waals surface area (Å²) >= 11 is 0. The highest BCUT2D eigenvalue weighted by Gasteiger charge is 2.32. The van der Waals surface area contributed by atoms with E-state index in [-0.39, 0.29) is 6.04 Å². The van der Waals surface area contributed by atoms with Crippen molar-refractivity contribution in [3.05, 3.63) is 0 Å². The van der Waals surface area contributed by atoms with Gasteiger partial charge < -0.3 is 5.32 Å². The summed E-state index contributed by atoms with van der Waals surface area (Å²) in [6, 6.07) is 0.173. The van der Waals surface area contributed by atoms with Crippen LogP contribution in [0.1, 0.15) is 19.8 Å². The SMILES string of the molecule is CC1CCC(C(=O)NCC(F)(F)F)CN1N. The van der Waals surface area contributed by atoms with Crippen molar-refractivity contribution in [1.29, 1.82) is 0 Å². The second-order valence-corrected chi connectivity index (χ2v) is 4.15. The van der Waals surface area contributed by atoms with Crippen molar-refractivity contribution in [2.24, 2.45) is 11.8 Å². The maximum atomic E-state index is 11.9. The number of carbonyl (C=O) groups excluding carboxylic acids is 1. The lowest BCUT2D eigenvalue weighted by Gasteiger charge is -2.33. The fourth-order valence-corrected chi connectivity index (χ4v) is 1.68. The van der Waals surface area contributed by atoms with Crippen molar-refractivity contribution in [3.63, 3.8) is 0 Å². The number of alkyl halides is 3. The molecule has 2 unspecified atom stereocenters. The van der Waals surface area contributed by atoms with E-state index in [9.17, 15) is 18.0 Å². The molecule has 4 nitrogen and oxygen atoms in total. The third kappa shape index (κ3) is 3.97. The first-order valence-electron chi connectivity index (χ1n) is 5.15. The molecule has 0 aromatic heterocycles. The Bertz CT molecular complexity index is 257. The van der Waals surface area contributed by atoms with Gasteiger partial charge in [0, 0.05) is 12.6 Å². The topological polar surface area (TPSA) is 58.4 Å². The molecule has 0 aliphatic carbocycles. The summed E-state index contributed by atoms with van der Waals surface area (Å²) in [5.41, 5.74) is 0. The number of rotatable bonds is 2. The summed E-state index contributed by atoms with van der Waals surface area (Å²) in [7, 11) is 0. The first-order valence-corrected chi connectivity index (χ1v) is 5.15. The lowest BCUT2D eigenvalue weighted by Crippen LogP contribution is -2.50. The van der Waals surface area contributed by atoms with Crippen molar-refractivity contribution in [2.45, 2.75) is 32.0 Å². The van der Waals surface area contributed by atoms with Gasteiger partial charge in [-0.2, -0.15) is 13.2 Å². The average molecular weight is 239 g/mol. The van der Waals surface area contributed by atoms with Gasteiger partial charge in [0.05, 0.1) is 5.92 Å². The van der Waals surface area contributed by atoms with Gasteiger partial charge in [0.25, 0.3) is 0 Å². The predicted octanol–water partition coefficient (Wildman–Crippen LogP) is 0.639. The Balaban J connectivity index is 2.38. The zero-order chi connectivity index (χ0) is 12.3. The zero-order valence-corrected chi connectivity index (χ0v) is 9.05. The molecule has 1 saturated heterocycles. The largest absolute Gasteiger partial charge is 0.405 e. The number of nitrogens with one attached hydrogen (secondary N) is 1. The highest BCUT2D eigenvalue weighted by atomic mass is 19.4. The highest BCUT2D eigenvalue weighted by molar-refractivity contribution is 5.79. The molecule has 1 heterocycles. The highest BCUT2D eigenvalue weighted by Crippen LogP contribution is 2.20. The number of piperidine rings is 1. The van der Waals surface area contributed by atoms with Crippen LogP contribution in [0.2, 0.25) is 0 Å². The number of nitrogens with zero attached hydrogens (tertiary/aromatic N) is 1. The molecule has 2 atom stereocenters.